The summed E-state index contributed by atoms with van der Waals surface area (Å²) in [5.74, 6) is 0.227. The van der Waals surface area contributed by atoms with E-state index in [1.165, 1.54) is 0 Å². The van der Waals surface area contributed by atoms with Crippen molar-refractivity contribution in [3.05, 3.63) is 95.1 Å². The number of ketones is 1. The minimum absolute atomic E-state index is 0.121. The number of carbonyl (C=O) groups excluding carboxylic acids is 2. The van der Waals surface area contributed by atoms with Gasteiger partial charge in [-0.15, -0.1) is 0 Å². The lowest BCUT2D eigenvalue weighted by Crippen LogP contribution is -2.12. The minimum Gasteiger partial charge on any atom is -0.489 e. The Morgan fingerprint density at radius 3 is 2.13 bits per heavy atom. The molecule has 158 valence electrons. The van der Waals surface area contributed by atoms with Gasteiger partial charge in [0, 0.05) is 18.1 Å². The molecule has 0 saturated carbocycles. The molecule has 0 fully saturated rings. The van der Waals surface area contributed by atoms with E-state index in [9.17, 15) is 9.59 Å². The number of ether oxygens (including phenoxy) is 3. The Bertz CT molecular complexity index is 1060. The van der Waals surface area contributed by atoms with Crippen LogP contribution in [-0.2, 0) is 22.7 Å². The van der Waals surface area contributed by atoms with E-state index in [1.54, 1.807) is 12.1 Å². The summed E-state index contributed by atoms with van der Waals surface area (Å²) in [5.41, 5.74) is 2.80. The second kappa shape index (κ2) is 9.47. The van der Waals surface area contributed by atoms with Crippen molar-refractivity contribution in [2.45, 2.75) is 39.1 Å². The average molecular weight is 416 g/mol. The van der Waals surface area contributed by atoms with Crippen molar-refractivity contribution in [2.75, 3.05) is 0 Å². The molecule has 4 rings (SSSR count). The van der Waals surface area contributed by atoms with E-state index < -0.39 is 12.1 Å². The van der Waals surface area contributed by atoms with Crippen LogP contribution in [0.4, 0.5) is 0 Å². The van der Waals surface area contributed by atoms with Crippen LogP contribution in [0, 0.1) is 0 Å². The summed E-state index contributed by atoms with van der Waals surface area (Å²) >= 11 is 0. The SMILES string of the molecule is CCCC(=O)C1OC(=O)c2c(OCc3ccccc3)cc(OCc3ccccc3)cc21. The molecule has 3 aromatic rings. The van der Waals surface area contributed by atoms with Gasteiger partial charge in [0.15, 0.2) is 11.9 Å². The van der Waals surface area contributed by atoms with Gasteiger partial charge in [0.05, 0.1) is 0 Å². The van der Waals surface area contributed by atoms with Gasteiger partial charge in [-0.2, -0.15) is 0 Å². The summed E-state index contributed by atoms with van der Waals surface area (Å²) in [6.07, 6.45) is 0.109. The number of hydrogen-bond acceptors (Lipinski definition) is 5. The smallest absolute Gasteiger partial charge is 0.343 e. The van der Waals surface area contributed by atoms with Crippen LogP contribution in [0.1, 0.15) is 52.9 Å². The van der Waals surface area contributed by atoms with Gasteiger partial charge in [-0.25, -0.2) is 4.79 Å². The van der Waals surface area contributed by atoms with Gasteiger partial charge in [-0.3, -0.25) is 4.79 Å². The van der Waals surface area contributed by atoms with E-state index in [4.69, 9.17) is 14.2 Å². The second-order valence-electron chi connectivity index (χ2n) is 7.44. The lowest BCUT2D eigenvalue weighted by molar-refractivity contribution is -0.127. The molecule has 5 nitrogen and oxygen atoms in total. The van der Waals surface area contributed by atoms with Gasteiger partial charge >= 0.3 is 5.97 Å². The predicted octanol–water partition coefficient (Wildman–Crippen LogP) is 5.43. The van der Waals surface area contributed by atoms with E-state index in [1.807, 2.05) is 67.6 Å². The first-order valence-electron chi connectivity index (χ1n) is 10.4. The predicted molar refractivity (Wildman–Crippen MR) is 116 cm³/mol. The number of benzene rings is 3. The Kier molecular flexibility index (Phi) is 6.32. The van der Waals surface area contributed by atoms with Crippen LogP contribution < -0.4 is 9.47 Å². The Morgan fingerprint density at radius 1 is 0.903 bits per heavy atom. The van der Waals surface area contributed by atoms with Gasteiger partial charge in [0.25, 0.3) is 0 Å². The van der Waals surface area contributed by atoms with Gasteiger partial charge in [0.2, 0.25) is 0 Å². The molecule has 5 heteroatoms. The zero-order chi connectivity index (χ0) is 21.6. The maximum absolute atomic E-state index is 12.6. The zero-order valence-electron chi connectivity index (χ0n) is 17.4. The van der Waals surface area contributed by atoms with Crippen LogP contribution in [-0.4, -0.2) is 11.8 Å². The lowest BCUT2D eigenvalue weighted by Gasteiger charge is -2.14. The maximum atomic E-state index is 12.6. The average Bonchev–Trinajstić information content (AvgIpc) is 3.14. The maximum Gasteiger partial charge on any atom is 0.343 e. The molecule has 1 heterocycles. The lowest BCUT2D eigenvalue weighted by atomic mass is 9.99. The highest BCUT2D eigenvalue weighted by atomic mass is 16.6. The van der Waals surface area contributed by atoms with E-state index in [-0.39, 0.29) is 12.4 Å². The summed E-state index contributed by atoms with van der Waals surface area (Å²) in [6, 6.07) is 22.9. The molecule has 1 aliphatic rings. The normalized spacial score (nSPS) is 14.6. The zero-order valence-corrected chi connectivity index (χ0v) is 17.4. The highest BCUT2D eigenvalue weighted by molar-refractivity contribution is 6.02. The van der Waals surface area contributed by atoms with Crippen molar-refractivity contribution >= 4 is 11.8 Å². The standard InChI is InChI=1S/C26H24O5/c1-2-9-22(27)25-21-14-20(29-16-18-10-5-3-6-11-18)15-23(24(21)26(28)31-25)30-17-19-12-7-4-8-13-19/h3-8,10-15,25H,2,9,16-17H2,1H3. The summed E-state index contributed by atoms with van der Waals surface area (Å²) < 4.78 is 17.4. The van der Waals surface area contributed by atoms with Gasteiger partial charge < -0.3 is 14.2 Å². The fourth-order valence-electron chi connectivity index (χ4n) is 3.56. The van der Waals surface area contributed by atoms with Crippen LogP contribution in [0.15, 0.2) is 72.8 Å². The quantitative estimate of drug-likeness (QED) is 0.436. The highest BCUT2D eigenvalue weighted by Gasteiger charge is 2.38. The molecule has 31 heavy (non-hydrogen) atoms. The summed E-state index contributed by atoms with van der Waals surface area (Å²) in [5, 5.41) is 0. The first-order valence-corrected chi connectivity index (χ1v) is 10.4. The fraction of sp³-hybridized carbons (Fsp3) is 0.231. The molecule has 0 aromatic heterocycles. The van der Waals surface area contributed by atoms with Crippen molar-refractivity contribution in [1.82, 2.24) is 0 Å². The third-order valence-electron chi connectivity index (χ3n) is 5.09. The molecule has 0 radical (unpaired) electrons. The first kappa shape index (κ1) is 20.7. The van der Waals surface area contributed by atoms with Gasteiger partial charge in [0.1, 0.15) is 30.3 Å². The van der Waals surface area contributed by atoms with E-state index in [0.29, 0.717) is 42.1 Å². The highest BCUT2D eigenvalue weighted by Crippen LogP contribution is 2.41. The Balaban J connectivity index is 1.65. The van der Waals surface area contributed by atoms with Crippen molar-refractivity contribution in [2.24, 2.45) is 0 Å². The summed E-state index contributed by atoms with van der Waals surface area (Å²) in [4.78, 5) is 25.2. The minimum atomic E-state index is -0.915. The molecule has 3 aromatic carbocycles. The topological polar surface area (TPSA) is 61.8 Å². The molecule has 0 bridgehead atoms. The number of esters is 1. The molecule has 0 amide bonds. The van der Waals surface area contributed by atoms with Crippen LogP contribution in [0.5, 0.6) is 11.5 Å². The van der Waals surface area contributed by atoms with Gasteiger partial charge in [-0.1, -0.05) is 67.6 Å². The molecule has 0 N–H and O–H groups in total. The van der Waals surface area contributed by atoms with Crippen molar-refractivity contribution in [1.29, 1.82) is 0 Å². The van der Waals surface area contributed by atoms with Crippen molar-refractivity contribution in [3.8, 4) is 11.5 Å². The van der Waals surface area contributed by atoms with E-state index in [0.717, 1.165) is 11.1 Å². The number of carbonyl (C=O) groups is 2. The number of rotatable bonds is 9. The monoisotopic (exact) mass is 416 g/mol. The number of cyclic esters (lactones) is 1. The number of Topliss-reactive ketones (excluding diaryl/α,β-unsaturated/α-hetero) is 1. The molecular weight excluding hydrogens is 392 g/mol. The van der Waals surface area contributed by atoms with Crippen molar-refractivity contribution < 1.29 is 23.8 Å². The van der Waals surface area contributed by atoms with Crippen LogP contribution in [0.25, 0.3) is 0 Å². The van der Waals surface area contributed by atoms with Crippen LogP contribution >= 0.6 is 0 Å². The Hall–Kier alpha value is -3.60. The molecule has 0 aliphatic carbocycles. The van der Waals surface area contributed by atoms with Crippen LogP contribution in [0.2, 0.25) is 0 Å². The fourth-order valence-corrected chi connectivity index (χ4v) is 3.56. The summed E-state index contributed by atoms with van der Waals surface area (Å²) in [7, 11) is 0. The molecule has 1 atom stereocenters. The third-order valence-corrected chi connectivity index (χ3v) is 5.09. The molecule has 0 saturated heterocycles. The summed E-state index contributed by atoms with van der Waals surface area (Å²) in [6.45, 7) is 2.57. The van der Waals surface area contributed by atoms with E-state index in [2.05, 4.69) is 0 Å². The van der Waals surface area contributed by atoms with Crippen molar-refractivity contribution in [3.63, 3.8) is 0 Å². The molecule has 1 unspecified atom stereocenters. The Labute approximate surface area is 181 Å². The second-order valence-corrected chi connectivity index (χ2v) is 7.44. The van der Waals surface area contributed by atoms with E-state index >= 15 is 0 Å². The molecule has 1 aliphatic heterocycles. The largest absolute Gasteiger partial charge is 0.489 e. The number of fused-ring (bicyclic) bond motifs is 1. The third kappa shape index (κ3) is 4.77. The van der Waals surface area contributed by atoms with Gasteiger partial charge in [-0.05, 0) is 23.6 Å². The first-order chi connectivity index (χ1) is 15.2. The number of hydrogen-bond donors (Lipinski definition) is 0. The molecular formula is C26H24O5. The Morgan fingerprint density at radius 2 is 1.52 bits per heavy atom. The van der Waals surface area contributed by atoms with Crippen LogP contribution in [0.3, 0.4) is 0 Å². The molecule has 0 spiro atoms.